The van der Waals surface area contributed by atoms with Crippen molar-refractivity contribution < 1.29 is 5.11 Å². The summed E-state index contributed by atoms with van der Waals surface area (Å²) in [7, 11) is 0. The number of nitrogen functional groups attached to an aromatic ring is 1. The number of rotatable bonds is 2. The van der Waals surface area contributed by atoms with Gasteiger partial charge in [-0.1, -0.05) is 24.3 Å². The lowest BCUT2D eigenvalue weighted by atomic mass is 9.97. The zero-order chi connectivity index (χ0) is 11.8. The minimum atomic E-state index is -0.806. The molecule has 0 atom stereocenters. The maximum Gasteiger partial charge on any atom is 0.180 e. The molecule has 16 heavy (non-hydrogen) atoms. The second kappa shape index (κ2) is 3.88. The smallest absolute Gasteiger partial charge is 0.180 e. The molecule has 1 aromatic carbocycles. The number of hydrogen-bond acceptors (Lipinski definition) is 4. The fourth-order valence-electron chi connectivity index (χ4n) is 1.47. The molecule has 1 heterocycles. The molecule has 0 unspecified atom stereocenters. The van der Waals surface area contributed by atoms with E-state index in [4.69, 9.17) is 5.73 Å². The van der Waals surface area contributed by atoms with Crippen LogP contribution in [0.2, 0.25) is 0 Å². The van der Waals surface area contributed by atoms with Gasteiger partial charge in [0.25, 0.3) is 0 Å². The first-order valence-corrected chi connectivity index (χ1v) is 5.89. The number of nitrogens with two attached hydrogens (primary N) is 1. The topological polar surface area (TPSA) is 59.1 Å². The van der Waals surface area contributed by atoms with Gasteiger partial charge in [0.2, 0.25) is 0 Å². The highest BCUT2D eigenvalue weighted by Crippen LogP contribution is 2.26. The first kappa shape index (κ1) is 11.1. The van der Waals surface area contributed by atoms with E-state index < -0.39 is 5.60 Å². The van der Waals surface area contributed by atoms with Gasteiger partial charge in [-0.25, -0.2) is 4.98 Å². The van der Waals surface area contributed by atoms with Crippen molar-refractivity contribution in [2.45, 2.75) is 19.4 Å². The third kappa shape index (κ3) is 2.23. The molecule has 4 heteroatoms. The van der Waals surface area contributed by atoms with Gasteiger partial charge in [-0.2, -0.15) is 0 Å². The molecule has 0 aliphatic carbocycles. The number of anilines is 1. The Morgan fingerprint density at radius 1 is 1.25 bits per heavy atom. The molecule has 84 valence electrons. The molecule has 0 radical (unpaired) electrons. The van der Waals surface area contributed by atoms with Crippen molar-refractivity contribution in [2.75, 3.05) is 5.73 Å². The molecule has 2 rings (SSSR count). The van der Waals surface area contributed by atoms with Crippen LogP contribution in [0.4, 0.5) is 5.13 Å². The zero-order valence-corrected chi connectivity index (χ0v) is 10.1. The summed E-state index contributed by atoms with van der Waals surface area (Å²) in [6, 6.07) is 7.71. The standard InChI is InChI=1S/C12H14N2OS/c1-12(2,15)9-5-3-8(4-6-9)10-7-16-11(13)14-10/h3-7,15H,1-2H3,(H2,13,14). The highest BCUT2D eigenvalue weighted by atomic mass is 32.1. The van der Waals surface area contributed by atoms with E-state index in [1.54, 1.807) is 13.8 Å². The molecule has 0 bridgehead atoms. The molecule has 0 saturated carbocycles. The number of thiazole rings is 1. The molecule has 0 amide bonds. The summed E-state index contributed by atoms with van der Waals surface area (Å²) in [5.74, 6) is 0. The van der Waals surface area contributed by atoms with Crippen LogP contribution in [0.25, 0.3) is 11.3 Å². The normalized spacial score (nSPS) is 11.7. The van der Waals surface area contributed by atoms with Crippen LogP contribution in [-0.4, -0.2) is 10.1 Å². The van der Waals surface area contributed by atoms with E-state index in [9.17, 15) is 5.11 Å². The average molecular weight is 234 g/mol. The van der Waals surface area contributed by atoms with Crippen LogP contribution in [-0.2, 0) is 5.60 Å². The van der Waals surface area contributed by atoms with Crippen molar-refractivity contribution in [3.8, 4) is 11.3 Å². The Bertz CT molecular complexity index is 482. The quantitative estimate of drug-likeness (QED) is 0.839. The SMILES string of the molecule is CC(C)(O)c1ccc(-c2csc(N)n2)cc1. The Morgan fingerprint density at radius 2 is 1.88 bits per heavy atom. The summed E-state index contributed by atoms with van der Waals surface area (Å²) in [4.78, 5) is 4.21. The maximum absolute atomic E-state index is 9.82. The fourth-order valence-corrected chi connectivity index (χ4v) is 2.04. The van der Waals surface area contributed by atoms with Crippen molar-refractivity contribution in [1.29, 1.82) is 0 Å². The van der Waals surface area contributed by atoms with E-state index in [1.807, 2.05) is 29.6 Å². The third-order valence-corrected chi connectivity index (χ3v) is 3.08. The third-order valence-electron chi connectivity index (χ3n) is 2.41. The monoisotopic (exact) mass is 234 g/mol. The Morgan fingerprint density at radius 3 is 2.31 bits per heavy atom. The lowest BCUT2D eigenvalue weighted by molar-refractivity contribution is 0.0786. The van der Waals surface area contributed by atoms with E-state index >= 15 is 0 Å². The molecular formula is C12H14N2OS. The number of nitrogens with zero attached hydrogens (tertiary/aromatic N) is 1. The van der Waals surface area contributed by atoms with Crippen molar-refractivity contribution in [3.05, 3.63) is 35.2 Å². The summed E-state index contributed by atoms with van der Waals surface area (Å²) in [5.41, 5.74) is 7.56. The van der Waals surface area contributed by atoms with Gasteiger partial charge >= 0.3 is 0 Å². The zero-order valence-electron chi connectivity index (χ0n) is 9.27. The second-order valence-corrected chi connectivity index (χ2v) is 5.10. The summed E-state index contributed by atoms with van der Waals surface area (Å²) < 4.78 is 0. The van der Waals surface area contributed by atoms with Gasteiger partial charge in [0.15, 0.2) is 5.13 Å². The van der Waals surface area contributed by atoms with Crippen molar-refractivity contribution >= 4 is 16.5 Å². The minimum absolute atomic E-state index is 0.571. The first-order chi connectivity index (χ1) is 7.47. The molecule has 0 fully saturated rings. The highest BCUT2D eigenvalue weighted by molar-refractivity contribution is 7.13. The number of benzene rings is 1. The predicted molar refractivity (Wildman–Crippen MR) is 67.2 cm³/mol. The molecule has 3 N–H and O–H groups in total. The molecule has 3 nitrogen and oxygen atoms in total. The molecule has 0 aliphatic rings. The van der Waals surface area contributed by atoms with Gasteiger partial charge in [0, 0.05) is 10.9 Å². The summed E-state index contributed by atoms with van der Waals surface area (Å²) in [6.45, 7) is 3.53. The van der Waals surface area contributed by atoms with E-state index in [1.165, 1.54) is 11.3 Å². The van der Waals surface area contributed by atoms with Crippen LogP contribution in [0.5, 0.6) is 0 Å². The fraction of sp³-hybridized carbons (Fsp3) is 0.250. The van der Waals surface area contributed by atoms with Crippen LogP contribution in [0.1, 0.15) is 19.4 Å². The van der Waals surface area contributed by atoms with Gasteiger partial charge in [-0.3, -0.25) is 0 Å². The Labute approximate surface area is 98.6 Å². The average Bonchev–Trinajstić information content (AvgIpc) is 2.64. The van der Waals surface area contributed by atoms with Crippen LogP contribution >= 0.6 is 11.3 Å². The molecule has 0 aliphatic heterocycles. The highest BCUT2D eigenvalue weighted by Gasteiger charge is 2.15. The van der Waals surface area contributed by atoms with Crippen molar-refractivity contribution in [3.63, 3.8) is 0 Å². The molecule has 2 aromatic rings. The van der Waals surface area contributed by atoms with E-state index in [-0.39, 0.29) is 0 Å². The molecule has 0 saturated heterocycles. The largest absolute Gasteiger partial charge is 0.386 e. The number of aliphatic hydroxyl groups is 1. The van der Waals surface area contributed by atoms with Gasteiger partial charge in [-0.15, -0.1) is 11.3 Å². The first-order valence-electron chi connectivity index (χ1n) is 5.01. The van der Waals surface area contributed by atoms with Gasteiger partial charge in [0.05, 0.1) is 11.3 Å². The van der Waals surface area contributed by atoms with Gasteiger partial charge < -0.3 is 10.8 Å². The minimum Gasteiger partial charge on any atom is -0.386 e. The Balaban J connectivity index is 2.33. The molecule has 1 aromatic heterocycles. The van der Waals surface area contributed by atoms with Crippen LogP contribution in [0, 0.1) is 0 Å². The number of aromatic nitrogens is 1. The number of hydrogen-bond donors (Lipinski definition) is 2. The van der Waals surface area contributed by atoms with Crippen LogP contribution in [0.3, 0.4) is 0 Å². The van der Waals surface area contributed by atoms with Gasteiger partial charge in [0.1, 0.15) is 0 Å². The second-order valence-electron chi connectivity index (χ2n) is 4.21. The van der Waals surface area contributed by atoms with E-state index in [0.717, 1.165) is 16.8 Å². The Kier molecular flexibility index (Phi) is 2.69. The lowest BCUT2D eigenvalue weighted by Crippen LogP contribution is -2.14. The predicted octanol–water partition coefficient (Wildman–Crippen LogP) is 2.62. The van der Waals surface area contributed by atoms with Crippen LogP contribution < -0.4 is 5.73 Å². The molecule has 0 spiro atoms. The maximum atomic E-state index is 9.82. The van der Waals surface area contributed by atoms with Crippen LogP contribution in [0.15, 0.2) is 29.6 Å². The van der Waals surface area contributed by atoms with Crippen molar-refractivity contribution in [1.82, 2.24) is 4.98 Å². The van der Waals surface area contributed by atoms with E-state index in [0.29, 0.717) is 5.13 Å². The van der Waals surface area contributed by atoms with E-state index in [2.05, 4.69) is 4.98 Å². The summed E-state index contributed by atoms with van der Waals surface area (Å²) in [6.07, 6.45) is 0. The van der Waals surface area contributed by atoms with Crippen molar-refractivity contribution in [2.24, 2.45) is 0 Å². The molecular weight excluding hydrogens is 220 g/mol. The summed E-state index contributed by atoms with van der Waals surface area (Å²) >= 11 is 1.43. The lowest BCUT2D eigenvalue weighted by Gasteiger charge is -2.17. The summed E-state index contributed by atoms with van der Waals surface area (Å²) in [5, 5.41) is 12.3. The van der Waals surface area contributed by atoms with Gasteiger partial charge in [-0.05, 0) is 19.4 Å². The Hall–Kier alpha value is -1.39.